The maximum atomic E-state index is 13.1. The summed E-state index contributed by atoms with van der Waals surface area (Å²) in [7, 11) is 0. The number of anilines is 1. The highest BCUT2D eigenvalue weighted by Gasteiger charge is 2.38. The summed E-state index contributed by atoms with van der Waals surface area (Å²) >= 11 is 9.52. The van der Waals surface area contributed by atoms with Gasteiger partial charge in [0, 0.05) is 20.6 Å². The number of aliphatic hydroxyl groups is 1. The van der Waals surface area contributed by atoms with Gasteiger partial charge in [0.05, 0.1) is 11.4 Å². The van der Waals surface area contributed by atoms with Crippen LogP contribution < -0.4 is 4.90 Å². The van der Waals surface area contributed by atoms with Crippen molar-refractivity contribution in [1.82, 2.24) is 0 Å². The third-order valence-electron chi connectivity index (χ3n) is 3.79. The van der Waals surface area contributed by atoms with E-state index in [2.05, 4.69) is 20.9 Å². The first kappa shape index (κ1) is 19.4. The molecule has 27 heavy (non-hydrogen) atoms. The number of rotatable bonds is 2. The van der Waals surface area contributed by atoms with Gasteiger partial charge in [0.1, 0.15) is 12.8 Å². The van der Waals surface area contributed by atoms with Crippen LogP contribution >= 0.6 is 27.5 Å². The van der Waals surface area contributed by atoms with E-state index < -0.39 is 24.3 Å². The lowest BCUT2D eigenvalue weighted by Gasteiger charge is -2.24. The Labute approximate surface area is 165 Å². The van der Waals surface area contributed by atoms with E-state index in [9.17, 15) is 23.1 Å². The van der Waals surface area contributed by atoms with Gasteiger partial charge in [0.15, 0.2) is 5.70 Å². The van der Waals surface area contributed by atoms with Crippen molar-refractivity contribution in [1.29, 1.82) is 0 Å². The summed E-state index contributed by atoms with van der Waals surface area (Å²) < 4.78 is 39.9. The fourth-order valence-corrected chi connectivity index (χ4v) is 3.27. The standard InChI is InChI=1S/C18H11BrClF3N2O2/c19-10-5-6-15-12(7-10)16(11-3-1-2-4-13(11)20)24-14(8-26)17(27)25(15)9-18(21,22)23/h1-8,26H,9H2. The average molecular weight is 460 g/mol. The van der Waals surface area contributed by atoms with Gasteiger partial charge < -0.3 is 5.11 Å². The number of nitrogens with zero attached hydrogens (tertiary/aromatic N) is 2. The fraction of sp³-hybridized carbons (Fsp3) is 0.111. The number of aliphatic hydroxyl groups excluding tert-OH is 1. The van der Waals surface area contributed by atoms with Gasteiger partial charge in [-0.25, -0.2) is 4.99 Å². The molecule has 4 nitrogen and oxygen atoms in total. The summed E-state index contributed by atoms with van der Waals surface area (Å²) in [5.41, 5.74) is 0.346. The molecule has 1 heterocycles. The van der Waals surface area contributed by atoms with Crippen LogP contribution in [0.4, 0.5) is 18.9 Å². The Kier molecular flexibility index (Phi) is 5.30. The number of benzodiazepines with no additional fused rings is 1. The molecule has 0 atom stereocenters. The topological polar surface area (TPSA) is 52.9 Å². The van der Waals surface area contributed by atoms with Crippen molar-refractivity contribution in [2.75, 3.05) is 11.4 Å². The summed E-state index contributed by atoms with van der Waals surface area (Å²) in [4.78, 5) is 17.3. The third-order valence-corrected chi connectivity index (χ3v) is 4.61. The number of carbonyl (C=O) groups excluding carboxylic acids is 1. The number of halogens is 5. The van der Waals surface area contributed by atoms with Crippen LogP contribution in [0, 0.1) is 0 Å². The van der Waals surface area contributed by atoms with E-state index in [0.717, 1.165) is 0 Å². The normalized spacial score (nSPS) is 16.2. The number of amides is 1. The van der Waals surface area contributed by atoms with Crippen molar-refractivity contribution in [2.45, 2.75) is 6.18 Å². The van der Waals surface area contributed by atoms with E-state index in [-0.39, 0.29) is 17.0 Å². The van der Waals surface area contributed by atoms with Crippen molar-refractivity contribution in [3.8, 4) is 0 Å². The third kappa shape index (κ3) is 4.01. The van der Waals surface area contributed by atoms with Crippen LogP contribution in [0.3, 0.4) is 0 Å². The van der Waals surface area contributed by atoms with Gasteiger partial charge in [0.25, 0.3) is 5.91 Å². The Bertz CT molecular complexity index is 973. The number of carbonyl (C=O) groups is 1. The molecule has 0 aliphatic carbocycles. The highest BCUT2D eigenvalue weighted by atomic mass is 79.9. The molecular weight excluding hydrogens is 449 g/mol. The van der Waals surface area contributed by atoms with Crippen LogP contribution in [0.1, 0.15) is 11.1 Å². The zero-order chi connectivity index (χ0) is 19.8. The molecule has 1 aliphatic heterocycles. The van der Waals surface area contributed by atoms with Crippen LogP contribution in [0.15, 0.2) is 63.9 Å². The van der Waals surface area contributed by atoms with Gasteiger partial charge in [-0.2, -0.15) is 13.2 Å². The lowest BCUT2D eigenvalue weighted by molar-refractivity contribution is -0.130. The Morgan fingerprint density at radius 1 is 1.19 bits per heavy atom. The lowest BCUT2D eigenvalue weighted by Crippen LogP contribution is -2.39. The molecule has 0 unspecified atom stereocenters. The zero-order valence-corrected chi connectivity index (χ0v) is 15.8. The zero-order valence-electron chi connectivity index (χ0n) is 13.5. The minimum absolute atomic E-state index is 0.0102. The molecular formula is C18H11BrClF3N2O2. The fourth-order valence-electron chi connectivity index (χ4n) is 2.69. The predicted molar refractivity (Wildman–Crippen MR) is 100 cm³/mol. The number of hydrogen-bond donors (Lipinski definition) is 1. The van der Waals surface area contributed by atoms with Gasteiger partial charge in [-0.1, -0.05) is 45.7 Å². The van der Waals surface area contributed by atoms with Gasteiger partial charge in [-0.15, -0.1) is 0 Å². The molecule has 0 fully saturated rings. The van der Waals surface area contributed by atoms with Crippen LogP contribution in [0.2, 0.25) is 5.02 Å². The summed E-state index contributed by atoms with van der Waals surface area (Å²) in [6.45, 7) is -1.52. The Hall–Kier alpha value is -2.32. The Morgan fingerprint density at radius 3 is 2.52 bits per heavy atom. The molecule has 2 aromatic carbocycles. The van der Waals surface area contributed by atoms with Crippen molar-refractivity contribution >= 4 is 44.8 Å². The molecule has 0 radical (unpaired) electrons. The Balaban J connectivity index is 2.31. The first-order chi connectivity index (χ1) is 12.7. The van der Waals surface area contributed by atoms with E-state index in [1.54, 1.807) is 30.3 Å². The molecule has 0 spiro atoms. The molecule has 1 N–H and O–H groups in total. The molecule has 3 rings (SSSR count). The second kappa shape index (κ2) is 7.36. The summed E-state index contributed by atoms with van der Waals surface area (Å²) in [5.74, 6) is -1.07. The number of benzene rings is 2. The number of alkyl halides is 3. The highest BCUT2D eigenvalue weighted by molar-refractivity contribution is 9.10. The second-order valence-corrected chi connectivity index (χ2v) is 6.95. The van der Waals surface area contributed by atoms with E-state index in [0.29, 0.717) is 26.2 Å². The molecule has 1 amide bonds. The van der Waals surface area contributed by atoms with Crippen LogP contribution in [0.25, 0.3) is 0 Å². The van der Waals surface area contributed by atoms with E-state index in [1.165, 1.54) is 12.1 Å². The average Bonchev–Trinajstić information content (AvgIpc) is 2.70. The molecule has 0 saturated carbocycles. The van der Waals surface area contributed by atoms with E-state index in [1.807, 2.05) is 0 Å². The minimum atomic E-state index is -4.64. The van der Waals surface area contributed by atoms with E-state index >= 15 is 0 Å². The molecule has 9 heteroatoms. The van der Waals surface area contributed by atoms with Gasteiger partial charge in [0.2, 0.25) is 0 Å². The maximum Gasteiger partial charge on any atom is 0.406 e. The summed E-state index contributed by atoms with van der Waals surface area (Å²) in [5, 5.41) is 9.73. The van der Waals surface area contributed by atoms with Gasteiger partial charge in [-0.05, 0) is 24.3 Å². The molecule has 0 saturated heterocycles. The smallest absolute Gasteiger partial charge is 0.406 e. The summed E-state index contributed by atoms with van der Waals surface area (Å²) in [6, 6.07) is 11.1. The molecule has 0 aromatic heterocycles. The van der Waals surface area contributed by atoms with Crippen molar-refractivity contribution < 1.29 is 23.1 Å². The first-order valence-electron chi connectivity index (χ1n) is 7.58. The largest absolute Gasteiger partial charge is 0.513 e. The molecule has 2 aromatic rings. The van der Waals surface area contributed by atoms with Crippen molar-refractivity contribution in [3.05, 3.63) is 75.0 Å². The summed E-state index contributed by atoms with van der Waals surface area (Å²) in [6.07, 6.45) is -4.25. The highest BCUT2D eigenvalue weighted by Crippen LogP contribution is 2.35. The van der Waals surface area contributed by atoms with Crippen LogP contribution in [-0.2, 0) is 4.79 Å². The SMILES string of the molecule is O=C1C(=CO)N=C(c2ccccc2Cl)c2cc(Br)ccc2N1CC(F)(F)F. The lowest BCUT2D eigenvalue weighted by atomic mass is 10.00. The number of hydrogen-bond acceptors (Lipinski definition) is 3. The van der Waals surface area contributed by atoms with Gasteiger partial charge in [-0.3, -0.25) is 9.69 Å². The van der Waals surface area contributed by atoms with Gasteiger partial charge >= 0.3 is 6.18 Å². The number of fused-ring (bicyclic) bond motifs is 1. The second-order valence-electron chi connectivity index (χ2n) is 5.62. The maximum absolute atomic E-state index is 13.1. The van der Waals surface area contributed by atoms with E-state index in [4.69, 9.17) is 11.6 Å². The minimum Gasteiger partial charge on any atom is -0.513 e. The molecule has 1 aliphatic rings. The quantitative estimate of drug-likeness (QED) is 0.493. The molecule has 140 valence electrons. The predicted octanol–water partition coefficient (Wildman–Crippen LogP) is 5.25. The van der Waals surface area contributed by atoms with Crippen molar-refractivity contribution in [2.24, 2.45) is 4.99 Å². The number of aliphatic imine (C=N–C) groups is 1. The van der Waals surface area contributed by atoms with Crippen LogP contribution in [-0.4, -0.2) is 29.4 Å². The monoisotopic (exact) mass is 458 g/mol. The first-order valence-corrected chi connectivity index (χ1v) is 8.75. The Morgan fingerprint density at radius 2 is 1.89 bits per heavy atom. The van der Waals surface area contributed by atoms with Crippen molar-refractivity contribution in [3.63, 3.8) is 0 Å². The van der Waals surface area contributed by atoms with Crippen LogP contribution in [0.5, 0.6) is 0 Å². The molecule has 0 bridgehead atoms.